The fourth-order valence-corrected chi connectivity index (χ4v) is 5.08. The Kier molecular flexibility index (Phi) is 6.76. The molecule has 0 spiro atoms. The van der Waals surface area contributed by atoms with E-state index in [0.717, 1.165) is 16.3 Å². The van der Waals surface area contributed by atoms with Crippen LogP contribution in [0.3, 0.4) is 0 Å². The number of thioether (sulfide) groups is 1. The second kappa shape index (κ2) is 9.88. The molecule has 1 saturated heterocycles. The minimum absolute atomic E-state index is 0.208. The number of aliphatic imine (C=N–C) groups is 1. The maximum Gasteiger partial charge on any atom is 0.321 e. The van der Waals surface area contributed by atoms with E-state index in [1.165, 1.54) is 11.8 Å². The highest BCUT2D eigenvalue weighted by atomic mass is 32.2. The van der Waals surface area contributed by atoms with Gasteiger partial charge < -0.3 is 9.64 Å². The molecule has 0 aliphatic carbocycles. The van der Waals surface area contributed by atoms with Gasteiger partial charge in [0.2, 0.25) is 0 Å². The van der Waals surface area contributed by atoms with Crippen LogP contribution < -0.4 is 0 Å². The number of amidine groups is 1. The first-order valence-corrected chi connectivity index (χ1v) is 11.6. The van der Waals surface area contributed by atoms with Crippen LogP contribution in [0, 0.1) is 11.3 Å². The smallest absolute Gasteiger partial charge is 0.321 e. The lowest BCUT2D eigenvalue weighted by Crippen LogP contribution is -2.38. The first-order chi connectivity index (χ1) is 16.0. The molecule has 0 aromatic heterocycles. The van der Waals surface area contributed by atoms with E-state index in [1.807, 2.05) is 36.1 Å². The molecule has 6 nitrogen and oxygen atoms in total. The highest BCUT2D eigenvalue weighted by Gasteiger charge is 2.42. The molecular formula is C26H23N3O3S. The number of fused-ring (bicyclic) bond motifs is 1. The molecule has 33 heavy (non-hydrogen) atoms. The number of hydrogen-bond donors (Lipinski definition) is 0. The van der Waals surface area contributed by atoms with E-state index >= 15 is 0 Å². The van der Waals surface area contributed by atoms with Crippen LogP contribution in [0.1, 0.15) is 35.3 Å². The van der Waals surface area contributed by atoms with Gasteiger partial charge in [-0.3, -0.25) is 9.59 Å². The summed E-state index contributed by atoms with van der Waals surface area (Å²) in [5.41, 5.74) is 1.95. The molecule has 0 N–H and O–H groups in total. The molecule has 1 aliphatic rings. The van der Waals surface area contributed by atoms with Crippen LogP contribution in [0.25, 0.3) is 10.8 Å². The van der Waals surface area contributed by atoms with Gasteiger partial charge in [-0.05, 0) is 54.4 Å². The van der Waals surface area contributed by atoms with Crippen molar-refractivity contribution in [2.45, 2.75) is 31.7 Å². The Morgan fingerprint density at radius 2 is 1.82 bits per heavy atom. The van der Waals surface area contributed by atoms with Gasteiger partial charge in [0.1, 0.15) is 5.25 Å². The zero-order valence-electron chi connectivity index (χ0n) is 18.4. The number of esters is 1. The van der Waals surface area contributed by atoms with Crippen molar-refractivity contribution in [2.75, 3.05) is 6.61 Å². The lowest BCUT2D eigenvalue weighted by atomic mass is 10.0. The molecular weight excluding hydrogens is 434 g/mol. The van der Waals surface area contributed by atoms with Gasteiger partial charge in [-0.1, -0.05) is 54.2 Å². The summed E-state index contributed by atoms with van der Waals surface area (Å²) < 4.78 is 5.27. The predicted octanol–water partition coefficient (Wildman–Crippen LogP) is 4.78. The van der Waals surface area contributed by atoms with Gasteiger partial charge in [-0.25, -0.2) is 0 Å². The lowest BCUT2D eigenvalue weighted by Gasteiger charge is -2.25. The number of benzene rings is 3. The number of hydrogen-bond acceptors (Lipinski definition) is 5. The van der Waals surface area contributed by atoms with Crippen molar-refractivity contribution in [3.8, 4) is 6.07 Å². The maximum atomic E-state index is 12.9. The van der Waals surface area contributed by atoms with Crippen LogP contribution in [-0.2, 0) is 16.1 Å². The van der Waals surface area contributed by atoms with Crippen molar-refractivity contribution < 1.29 is 14.3 Å². The van der Waals surface area contributed by atoms with Crippen molar-refractivity contribution in [1.29, 1.82) is 5.26 Å². The molecule has 7 heteroatoms. The fourth-order valence-electron chi connectivity index (χ4n) is 3.84. The molecule has 2 unspecified atom stereocenters. The summed E-state index contributed by atoms with van der Waals surface area (Å²) in [5, 5.41) is 11.2. The van der Waals surface area contributed by atoms with Crippen LogP contribution in [0.5, 0.6) is 0 Å². The third-order valence-electron chi connectivity index (χ3n) is 5.61. The number of rotatable bonds is 5. The van der Waals surface area contributed by atoms with Gasteiger partial charge >= 0.3 is 5.97 Å². The molecule has 1 amide bonds. The zero-order chi connectivity index (χ0) is 23.4. The summed E-state index contributed by atoms with van der Waals surface area (Å²) in [7, 11) is 0. The van der Waals surface area contributed by atoms with E-state index in [0.29, 0.717) is 29.4 Å². The summed E-state index contributed by atoms with van der Waals surface area (Å²) >= 11 is 1.26. The number of carbonyl (C=O) groups is 2. The van der Waals surface area contributed by atoms with Gasteiger partial charge in [-0.15, -0.1) is 0 Å². The van der Waals surface area contributed by atoms with Crippen LogP contribution in [-0.4, -0.2) is 39.8 Å². The Morgan fingerprint density at radius 1 is 1.09 bits per heavy atom. The Labute approximate surface area is 196 Å². The SMILES string of the molecule is CCOC(=O)C1SC(=NC(=O)c2ccc(C#N)cc2)N(Cc2cccc3ccccc23)C1C. The van der Waals surface area contributed by atoms with Gasteiger partial charge in [0, 0.05) is 12.1 Å². The van der Waals surface area contributed by atoms with E-state index in [2.05, 4.69) is 29.3 Å². The topological polar surface area (TPSA) is 82.8 Å². The summed E-state index contributed by atoms with van der Waals surface area (Å²) in [6, 6.07) is 22.4. The molecule has 166 valence electrons. The van der Waals surface area contributed by atoms with E-state index in [4.69, 9.17) is 10.00 Å². The monoisotopic (exact) mass is 457 g/mol. The van der Waals surface area contributed by atoms with E-state index in [-0.39, 0.29) is 12.0 Å². The van der Waals surface area contributed by atoms with Crippen molar-refractivity contribution in [1.82, 2.24) is 4.90 Å². The third-order valence-corrected chi connectivity index (χ3v) is 6.98. The molecule has 0 radical (unpaired) electrons. The molecule has 1 aliphatic heterocycles. The highest BCUT2D eigenvalue weighted by Crippen LogP contribution is 2.35. The quantitative estimate of drug-likeness (QED) is 0.513. The van der Waals surface area contributed by atoms with E-state index in [1.54, 1.807) is 31.2 Å². The second-order valence-corrected chi connectivity index (χ2v) is 8.79. The Hall–Kier alpha value is -3.63. The van der Waals surface area contributed by atoms with E-state index < -0.39 is 11.2 Å². The molecule has 0 bridgehead atoms. The van der Waals surface area contributed by atoms with E-state index in [9.17, 15) is 9.59 Å². The Bertz CT molecular complexity index is 1260. The average Bonchev–Trinajstić information content (AvgIpc) is 3.14. The van der Waals surface area contributed by atoms with Crippen LogP contribution >= 0.6 is 11.8 Å². The molecule has 4 rings (SSSR count). The van der Waals surface area contributed by atoms with Gasteiger partial charge in [0.25, 0.3) is 5.91 Å². The van der Waals surface area contributed by atoms with Gasteiger partial charge in [0.05, 0.1) is 24.3 Å². The lowest BCUT2D eigenvalue weighted by molar-refractivity contribution is -0.143. The largest absolute Gasteiger partial charge is 0.465 e. The molecule has 3 aromatic carbocycles. The number of nitriles is 1. The molecule has 0 saturated carbocycles. The first kappa shape index (κ1) is 22.6. The maximum absolute atomic E-state index is 12.9. The molecule has 2 atom stereocenters. The highest BCUT2D eigenvalue weighted by molar-refractivity contribution is 8.15. The second-order valence-electron chi connectivity index (χ2n) is 7.69. The molecule has 1 fully saturated rings. The first-order valence-electron chi connectivity index (χ1n) is 10.7. The minimum atomic E-state index is -0.479. The zero-order valence-corrected chi connectivity index (χ0v) is 19.2. The normalized spacial score (nSPS) is 18.9. The number of ether oxygens (including phenoxy) is 1. The molecule has 3 aromatic rings. The Morgan fingerprint density at radius 3 is 2.55 bits per heavy atom. The molecule has 1 heterocycles. The van der Waals surface area contributed by atoms with Gasteiger partial charge in [-0.2, -0.15) is 10.3 Å². The van der Waals surface area contributed by atoms with Crippen LogP contribution in [0.15, 0.2) is 71.7 Å². The summed E-state index contributed by atoms with van der Waals surface area (Å²) in [5.74, 6) is -0.726. The summed E-state index contributed by atoms with van der Waals surface area (Å²) in [4.78, 5) is 31.9. The van der Waals surface area contributed by atoms with Crippen LogP contribution in [0.2, 0.25) is 0 Å². The van der Waals surface area contributed by atoms with Crippen molar-refractivity contribution in [3.63, 3.8) is 0 Å². The minimum Gasteiger partial charge on any atom is -0.465 e. The third kappa shape index (κ3) is 4.76. The number of nitrogens with zero attached hydrogens (tertiary/aromatic N) is 3. The van der Waals surface area contributed by atoms with Gasteiger partial charge in [0.15, 0.2) is 5.17 Å². The summed E-state index contributed by atoms with van der Waals surface area (Å²) in [6.07, 6.45) is 0. The average molecular weight is 458 g/mol. The van der Waals surface area contributed by atoms with Crippen molar-refractivity contribution >= 4 is 39.6 Å². The van der Waals surface area contributed by atoms with Crippen molar-refractivity contribution in [3.05, 3.63) is 83.4 Å². The standard InChI is InChI=1S/C26H23N3O3S/c1-3-32-25(31)23-17(2)29(16-21-9-6-8-19-7-4-5-10-22(19)21)26(33-23)28-24(30)20-13-11-18(15-27)12-14-20/h4-14,17,23H,3,16H2,1-2H3. The fraction of sp³-hybridized carbons (Fsp3) is 0.231. The number of amides is 1. The number of carbonyl (C=O) groups excluding carboxylic acids is 2. The predicted molar refractivity (Wildman–Crippen MR) is 130 cm³/mol. The van der Waals surface area contributed by atoms with Crippen LogP contribution in [0.4, 0.5) is 0 Å². The van der Waals surface area contributed by atoms with Crippen molar-refractivity contribution in [2.24, 2.45) is 4.99 Å². The summed E-state index contributed by atoms with van der Waals surface area (Å²) in [6.45, 7) is 4.53. The Balaban J connectivity index is 1.68.